The number of nitrogens with zero attached hydrogens (tertiary/aromatic N) is 1. The van der Waals surface area contributed by atoms with Gasteiger partial charge in [0.25, 0.3) is 0 Å². The molecule has 6 heteroatoms. The summed E-state index contributed by atoms with van der Waals surface area (Å²) in [5.41, 5.74) is 0.347. The van der Waals surface area contributed by atoms with Crippen molar-refractivity contribution in [2.75, 3.05) is 5.32 Å². The normalized spacial score (nSPS) is 11.4. The molecule has 0 unspecified atom stereocenters. The molecular formula is C16H11F3N2S. The van der Waals surface area contributed by atoms with E-state index in [2.05, 4.69) is 10.3 Å². The lowest BCUT2D eigenvalue weighted by atomic mass is 10.1. The van der Waals surface area contributed by atoms with Crippen LogP contribution in [0, 0.1) is 0 Å². The van der Waals surface area contributed by atoms with Gasteiger partial charge in [0.05, 0.1) is 4.88 Å². The van der Waals surface area contributed by atoms with Gasteiger partial charge in [0.1, 0.15) is 0 Å². The molecule has 0 aliphatic carbocycles. The summed E-state index contributed by atoms with van der Waals surface area (Å²) in [5, 5.41) is 3.13. The number of rotatable bonds is 3. The highest BCUT2D eigenvalue weighted by molar-refractivity contribution is 7.19. The van der Waals surface area contributed by atoms with E-state index in [4.69, 9.17) is 0 Å². The highest BCUT2D eigenvalue weighted by atomic mass is 32.1. The Hall–Kier alpha value is -2.34. The second-order valence-corrected chi connectivity index (χ2v) is 5.55. The maximum absolute atomic E-state index is 13.2. The molecule has 0 aliphatic rings. The van der Waals surface area contributed by atoms with E-state index in [0.29, 0.717) is 11.3 Å². The van der Waals surface area contributed by atoms with Crippen LogP contribution >= 0.6 is 11.3 Å². The van der Waals surface area contributed by atoms with Gasteiger partial charge in [-0.1, -0.05) is 59.9 Å². The summed E-state index contributed by atoms with van der Waals surface area (Å²) in [6.45, 7) is 0. The molecule has 2 nitrogen and oxygen atoms in total. The van der Waals surface area contributed by atoms with E-state index >= 15 is 0 Å². The molecule has 22 heavy (non-hydrogen) atoms. The van der Waals surface area contributed by atoms with Gasteiger partial charge >= 0.3 is 6.18 Å². The Morgan fingerprint density at radius 1 is 0.864 bits per heavy atom. The van der Waals surface area contributed by atoms with Gasteiger partial charge in [-0.2, -0.15) is 13.2 Å². The zero-order valence-electron chi connectivity index (χ0n) is 11.3. The monoisotopic (exact) mass is 320 g/mol. The Morgan fingerprint density at radius 2 is 1.45 bits per heavy atom. The number of alkyl halides is 3. The van der Waals surface area contributed by atoms with Crippen molar-refractivity contribution >= 4 is 22.2 Å². The highest BCUT2D eigenvalue weighted by Crippen LogP contribution is 2.42. The zero-order valence-corrected chi connectivity index (χ0v) is 12.1. The first-order valence-electron chi connectivity index (χ1n) is 6.49. The van der Waals surface area contributed by atoms with Crippen LogP contribution in [0.5, 0.6) is 0 Å². The molecule has 1 heterocycles. The minimum Gasteiger partial charge on any atom is -0.332 e. The fourth-order valence-electron chi connectivity index (χ4n) is 2.00. The number of benzene rings is 2. The number of anilines is 2. The molecule has 0 spiro atoms. The summed E-state index contributed by atoms with van der Waals surface area (Å²) < 4.78 is 39.6. The van der Waals surface area contributed by atoms with E-state index in [0.717, 1.165) is 11.3 Å². The van der Waals surface area contributed by atoms with Crippen molar-refractivity contribution in [1.82, 2.24) is 4.98 Å². The van der Waals surface area contributed by atoms with E-state index in [9.17, 15) is 13.2 Å². The van der Waals surface area contributed by atoms with E-state index in [1.165, 1.54) is 0 Å². The fourth-order valence-corrected chi connectivity index (χ4v) is 3.01. The minimum absolute atomic E-state index is 0.117. The van der Waals surface area contributed by atoms with Crippen molar-refractivity contribution in [2.24, 2.45) is 0 Å². The van der Waals surface area contributed by atoms with Gasteiger partial charge in [-0.3, -0.25) is 0 Å². The third kappa shape index (κ3) is 3.12. The lowest BCUT2D eigenvalue weighted by Gasteiger charge is -2.05. The van der Waals surface area contributed by atoms with E-state index in [1.807, 2.05) is 6.07 Å². The van der Waals surface area contributed by atoms with Gasteiger partial charge < -0.3 is 5.32 Å². The maximum Gasteiger partial charge on any atom is 0.434 e. The molecule has 0 aliphatic heterocycles. The molecule has 1 aromatic heterocycles. The van der Waals surface area contributed by atoms with Crippen LogP contribution in [0.25, 0.3) is 10.4 Å². The van der Waals surface area contributed by atoms with Crippen LogP contribution in [-0.4, -0.2) is 4.98 Å². The molecule has 0 radical (unpaired) electrons. The lowest BCUT2D eigenvalue weighted by Crippen LogP contribution is -2.07. The van der Waals surface area contributed by atoms with Crippen molar-refractivity contribution in [3.63, 3.8) is 0 Å². The van der Waals surface area contributed by atoms with Crippen LogP contribution in [0.2, 0.25) is 0 Å². The zero-order chi connectivity index (χ0) is 15.6. The Kier molecular flexibility index (Phi) is 3.85. The highest BCUT2D eigenvalue weighted by Gasteiger charge is 2.37. The Morgan fingerprint density at radius 3 is 2.05 bits per heavy atom. The maximum atomic E-state index is 13.2. The summed E-state index contributed by atoms with van der Waals surface area (Å²) in [6.07, 6.45) is -4.49. The van der Waals surface area contributed by atoms with Crippen LogP contribution in [0.1, 0.15) is 5.69 Å². The molecule has 3 rings (SSSR count). The number of hydrogen-bond acceptors (Lipinski definition) is 3. The third-order valence-electron chi connectivity index (χ3n) is 2.96. The second-order valence-electron chi connectivity index (χ2n) is 4.55. The molecule has 0 bridgehead atoms. The smallest absolute Gasteiger partial charge is 0.332 e. The minimum atomic E-state index is -4.49. The van der Waals surface area contributed by atoms with Gasteiger partial charge in [-0.15, -0.1) is 0 Å². The molecule has 1 N–H and O–H groups in total. The Balaban J connectivity index is 2.02. The molecular weight excluding hydrogens is 309 g/mol. The Bertz CT molecular complexity index is 752. The van der Waals surface area contributed by atoms with Gasteiger partial charge in [0.2, 0.25) is 0 Å². The predicted molar refractivity (Wildman–Crippen MR) is 82.3 cm³/mol. The van der Waals surface area contributed by atoms with Crippen LogP contribution < -0.4 is 5.32 Å². The van der Waals surface area contributed by atoms with Crippen LogP contribution in [-0.2, 0) is 6.18 Å². The molecule has 2 aromatic carbocycles. The van der Waals surface area contributed by atoms with Gasteiger partial charge in [-0.25, -0.2) is 4.98 Å². The fraction of sp³-hybridized carbons (Fsp3) is 0.0625. The molecule has 0 saturated carbocycles. The lowest BCUT2D eigenvalue weighted by molar-refractivity contribution is -0.140. The summed E-state index contributed by atoms with van der Waals surface area (Å²) in [6, 6.07) is 17.5. The third-order valence-corrected chi connectivity index (χ3v) is 3.98. The first-order chi connectivity index (χ1) is 10.5. The molecule has 0 atom stereocenters. The Labute approximate surface area is 129 Å². The van der Waals surface area contributed by atoms with Crippen LogP contribution in [0.3, 0.4) is 0 Å². The number of hydrogen-bond donors (Lipinski definition) is 1. The van der Waals surface area contributed by atoms with Crippen LogP contribution in [0.4, 0.5) is 24.0 Å². The molecule has 3 aromatic rings. The van der Waals surface area contributed by atoms with E-state index < -0.39 is 11.9 Å². The standard InChI is InChI=1S/C16H11F3N2S/c17-16(18,19)14-13(11-7-3-1-4-8-11)22-15(21-14)20-12-9-5-2-6-10-12/h1-10H,(H,20,21). The second kappa shape index (κ2) is 5.81. The van der Waals surface area contributed by atoms with Gasteiger partial charge in [0.15, 0.2) is 10.8 Å². The topological polar surface area (TPSA) is 24.9 Å². The molecule has 0 saturated heterocycles. The van der Waals surface area contributed by atoms with Crippen molar-refractivity contribution in [1.29, 1.82) is 0 Å². The average molecular weight is 320 g/mol. The van der Waals surface area contributed by atoms with Crippen LogP contribution in [0.15, 0.2) is 60.7 Å². The van der Waals surface area contributed by atoms with Crippen molar-refractivity contribution in [3.05, 3.63) is 66.4 Å². The first kappa shape index (κ1) is 14.6. The number of nitrogens with one attached hydrogen (secondary N) is 1. The first-order valence-corrected chi connectivity index (χ1v) is 7.31. The summed E-state index contributed by atoms with van der Waals surface area (Å²) in [4.78, 5) is 3.85. The van der Waals surface area contributed by atoms with E-state index in [1.54, 1.807) is 54.6 Å². The van der Waals surface area contributed by atoms with Gasteiger partial charge in [0, 0.05) is 5.69 Å². The predicted octanol–water partition coefficient (Wildman–Crippen LogP) is 5.57. The molecule has 112 valence electrons. The number of aromatic nitrogens is 1. The summed E-state index contributed by atoms with van der Waals surface area (Å²) >= 11 is 0.992. The number of para-hydroxylation sites is 1. The SMILES string of the molecule is FC(F)(F)c1nc(Nc2ccccc2)sc1-c1ccccc1. The quantitative estimate of drug-likeness (QED) is 0.682. The van der Waals surface area contributed by atoms with E-state index in [-0.39, 0.29) is 10.0 Å². The van der Waals surface area contributed by atoms with Crippen molar-refractivity contribution < 1.29 is 13.2 Å². The number of halogens is 3. The summed E-state index contributed by atoms with van der Waals surface area (Å²) in [5.74, 6) is 0. The summed E-state index contributed by atoms with van der Waals surface area (Å²) in [7, 11) is 0. The number of thiazole rings is 1. The largest absolute Gasteiger partial charge is 0.434 e. The van der Waals surface area contributed by atoms with Gasteiger partial charge in [-0.05, 0) is 17.7 Å². The molecule has 0 amide bonds. The average Bonchev–Trinajstić information content (AvgIpc) is 2.93. The molecule has 0 fully saturated rings. The van der Waals surface area contributed by atoms with Crippen molar-refractivity contribution in [2.45, 2.75) is 6.18 Å². The van der Waals surface area contributed by atoms with Crippen molar-refractivity contribution in [3.8, 4) is 10.4 Å².